The van der Waals surface area contributed by atoms with Crippen LogP contribution in [0.5, 0.6) is 0 Å². The zero-order valence-electron chi connectivity index (χ0n) is 12.1. The van der Waals surface area contributed by atoms with Crippen LogP contribution in [0.1, 0.15) is 18.1 Å². The van der Waals surface area contributed by atoms with Gasteiger partial charge in [0.15, 0.2) is 0 Å². The molecule has 1 heterocycles. The third-order valence-corrected chi connectivity index (χ3v) is 3.34. The fraction of sp³-hybridized carbons (Fsp3) is 0.500. The summed E-state index contributed by atoms with van der Waals surface area (Å²) < 4.78 is 19.2. The monoisotopic (exact) mass is 293 g/mol. The quantitative estimate of drug-likeness (QED) is 0.808. The maximum Gasteiger partial charge on any atom is 0.138 e. The lowest BCUT2D eigenvalue weighted by Gasteiger charge is -2.36. The van der Waals surface area contributed by atoms with Crippen LogP contribution in [0.3, 0.4) is 0 Å². The number of morpholine rings is 1. The summed E-state index contributed by atoms with van der Waals surface area (Å²) in [5.41, 5.74) is 1.24. The molecule has 0 bridgehead atoms. The van der Waals surface area contributed by atoms with Gasteiger partial charge in [0.25, 0.3) is 0 Å². The molecule has 1 aliphatic rings. The molecular formula is C16H20FNO3. The number of hydrogen-bond acceptors (Lipinski definition) is 4. The Kier molecular flexibility index (Phi) is 5.71. The molecule has 1 saturated heterocycles. The molecule has 0 amide bonds. The maximum atomic E-state index is 13.6. The van der Waals surface area contributed by atoms with E-state index in [-0.39, 0.29) is 31.2 Å². The van der Waals surface area contributed by atoms with Crippen LogP contribution >= 0.6 is 0 Å². The van der Waals surface area contributed by atoms with Crippen molar-refractivity contribution in [3.63, 3.8) is 0 Å². The molecule has 1 aromatic rings. The standard InChI is InChI=1S/C16H20FNO3/c1-12-8-18(10-15(11-20)21-12)9-13-4-5-16(17)14(7-13)3-2-6-19/h4-5,7,12,15,19-20H,6,8-11H2,1H3. The predicted octanol–water partition coefficient (Wildman–Crippen LogP) is 0.751. The lowest BCUT2D eigenvalue weighted by Crippen LogP contribution is -2.47. The molecule has 4 nitrogen and oxygen atoms in total. The van der Waals surface area contributed by atoms with Crippen molar-refractivity contribution in [2.24, 2.45) is 0 Å². The van der Waals surface area contributed by atoms with E-state index < -0.39 is 0 Å². The van der Waals surface area contributed by atoms with Crippen LogP contribution < -0.4 is 0 Å². The Morgan fingerprint density at radius 1 is 1.38 bits per heavy atom. The summed E-state index contributed by atoms with van der Waals surface area (Å²) in [5, 5.41) is 17.9. The molecule has 0 aliphatic carbocycles. The minimum absolute atomic E-state index is 0.00250. The first-order chi connectivity index (χ1) is 10.1. The van der Waals surface area contributed by atoms with Gasteiger partial charge in [0.1, 0.15) is 12.4 Å². The summed E-state index contributed by atoms with van der Waals surface area (Å²) in [6.07, 6.45) is -0.118. The molecule has 2 atom stereocenters. The van der Waals surface area contributed by atoms with Gasteiger partial charge in [-0.3, -0.25) is 4.90 Å². The normalized spacial score (nSPS) is 22.7. The van der Waals surface area contributed by atoms with E-state index in [1.54, 1.807) is 12.1 Å². The second-order valence-corrected chi connectivity index (χ2v) is 5.22. The molecule has 0 saturated carbocycles. The van der Waals surface area contributed by atoms with Crippen molar-refractivity contribution in [1.29, 1.82) is 0 Å². The molecule has 2 N–H and O–H groups in total. The Labute approximate surface area is 124 Å². The number of halogens is 1. The number of aliphatic hydroxyl groups excluding tert-OH is 2. The second-order valence-electron chi connectivity index (χ2n) is 5.22. The molecule has 0 radical (unpaired) electrons. The number of aliphatic hydroxyl groups is 2. The highest BCUT2D eigenvalue weighted by molar-refractivity contribution is 5.38. The maximum absolute atomic E-state index is 13.6. The zero-order chi connectivity index (χ0) is 15.2. The third-order valence-electron chi connectivity index (χ3n) is 3.34. The smallest absolute Gasteiger partial charge is 0.138 e. The van der Waals surface area contributed by atoms with Crippen LogP contribution in [0.4, 0.5) is 4.39 Å². The highest BCUT2D eigenvalue weighted by Gasteiger charge is 2.24. The molecule has 1 aliphatic heterocycles. The minimum atomic E-state index is -0.386. The van der Waals surface area contributed by atoms with Crippen LogP contribution in [0, 0.1) is 17.7 Å². The first kappa shape index (κ1) is 15.9. The predicted molar refractivity (Wildman–Crippen MR) is 77.1 cm³/mol. The number of benzene rings is 1. The van der Waals surface area contributed by atoms with Gasteiger partial charge in [-0.05, 0) is 24.6 Å². The molecule has 1 fully saturated rings. The average Bonchev–Trinajstić information content (AvgIpc) is 2.47. The van der Waals surface area contributed by atoms with E-state index in [4.69, 9.17) is 9.84 Å². The summed E-state index contributed by atoms with van der Waals surface area (Å²) >= 11 is 0. The Hall–Kier alpha value is -1.45. The van der Waals surface area contributed by atoms with Gasteiger partial charge in [-0.1, -0.05) is 17.9 Å². The van der Waals surface area contributed by atoms with Crippen LogP contribution in [0.15, 0.2) is 18.2 Å². The van der Waals surface area contributed by atoms with Gasteiger partial charge in [-0.15, -0.1) is 0 Å². The van der Waals surface area contributed by atoms with Gasteiger partial charge < -0.3 is 14.9 Å². The van der Waals surface area contributed by atoms with Gasteiger partial charge in [0, 0.05) is 19.6 Å². The lowest BCUT2D eigenvalue weighted by molar-refractivity contribution is -0.0972. The largest absolute Gasteiger partial charge is 0.394 e. The second kappa shape index (κ2) is 7.53. The van der Waals surface area contributed by atoms with Crippen LogP contribution in [-0.2, 0) is 11.3 Å². The van der Waals surface area contributed by atoms with Crippen molar-refractivity contribution < 1.29 is 19.3 Å². The zero-order valence-corrected chi connectivity index (χ0v) is 12.1. The first-order valence-corrected chi connectivity index (χ1v) is 6.99. The molecule has 0 aromatic heterocycles. The van der Waals surface area contributed by atoms with Gasteiger partial charge in [0.2, 0.25) is 0 Å². The number of nitrogens with zero attached hydrogens (tertiary/aromatic N) is 1. The van der Waals surface area contributed by atoms with Crippen LogP contribution in [0.25, 0.3) is 0 Å². The topological polar surface area (TPSA) is 52.9 Å². The van der Waals surface area contributed by atoms with Crippen molar-refractivity contribution in [2.45, 2.75) is 25.7 Å². The van der Waals surface area contributed by atoms with Crippen molar-refractivity contribution in [2.75, 3.05) is 26.3 Å². The molecular weight excluding hydrogens is 273 g/mol. The lowest BCUT2D eigenvalue weighted by atomic mass is 10.1. The van der Waals surface area contributed by atoms with E-state index in [0.717, 1.165) is 12.1 Å². The van der Waals surface area contributed by atoms with Gasteiger partial charge in [0.05, 0.1) is 24.4 Å². The Morgan fingerprint density at radius 2 is 2.19 bits per heavy atom. The van der Waals surface area contributed by atoms with Gasteiger partial charge >= 0.3 is 0 Å². The summed E-state index contributed by atoms with van der Waals surface area (Å²) in [6, 6.07) is 4.82. The number of rotatable bonds is 3. The van der Waals surface area contributed by atoms with Crippen molar-refractivity contribution in [3.05, 3.63) is 35.1 Å². The molecule has 2 rings (SSSR count). The van der Waals surface area contributed by atoms with E-state index in [1.165, 1.54) is 6.07 Å². The third kappa shape index (κ3) is 4.51. The number of hydrogen-bond donors (Lipinski definition) is 2. The average molecular weight is 293 g/mol. The Bertz CT molecular complexity index is 538. The summed E-state index contributed by atoms with van der Waals surface area (Å²) in [5.74, 6) is 4.68. The van der Waals surface area contributed by atoms with Crippen molar-refractivity contribution in [3.8, 4) is 11.8 Å². The molecule has 0 spiro atoms. The van der Waals surface area contributed by atoms with Crippen molar-refractivity contribution >= 4 is 0 Å². The highest BCUT2D eigenvalue weighted by Crippen LogP contribution is 2.16. The number of ether oxygens (including phenoxy) is 1. The molecule has 2 unspecified atom stereocenters. The Morgan fingerprint density at radius 3 is 2.90 bits per heavy atom. The highest BCUT2D eigenvalue weighted by atomic mass is 19.1. The van der Waals surface area contributed by atoms with Crippen LogP contribution in [-0.4, -0.2) is 53.6 Å². The molecule has 21 heavy (non-hydrogen) atoms. The summed E-state index contributed by atoms with van der Waals surface area (Å²) in [7, 11) is 0. The minimum Gasteiger partial charge on any atom is -0.394 e. The first-order valence-electron chi connectivity index (χ1n) is 6.99. The van der Waals surface area contributed by atoms with Gasteiger partial charge in [-0.25, -0.2) is 4.39 Å². The van der Waals surface area contributed by atoms with E-state index in [0.29, 0.717) is 18.7 Å². The van der Waals surface area contributed by atoms with E-state index >= 15 is 0 Å². The SMILES string of the molecule is CC1CN(Cc2ccc(F)c(C#CCO)c2)CC(CO)O1. The van der Waals surface area contributed by atoms with E-state index in [1.807, 2.05) is 6.92 Å². The molecule has 5 heteroatoms. The van der Waals surface area contributed by atoms with Crippen LogP contribution in [0.2, 0.25) is 0 Å². The summed E-state index contributed by atoms with van der Waals surface area (Å²) in [6.45, 7) is 3.75. The summed E-state index contributed by atoms with van der Waals surface area (Å²) in [4.78, 5) is 2.17. The van der Waals surface area contributed by atoms with Gasteiger partial charge in [-0.2, -0.15) is 0 Å². The fourth-order valence-corrected chi connectivity index (χ4v) is 2.53. The molecule has 1 aromatic carbocycles. The van der Waals surface area contributed by atoms with Crippen molar-refractivity contribution in [1.82, 2.24) is 4.90 Å². The Balaban J connectivity index is 2.08. The van der Waals surface area contributed by atoms with E-state index in [9.17, 15) is 9.50 Å². The molecule has 114 valence electrons. The fourth-order valence-electron chi connectivity index (χ4n) is 2.53. The van der Waals surface area contributed by atoms with E-state index in [2.05, 4.69) is 16.7 Å².